The first-order chi connectivity index (χ1) is 20.4. The number of unbranched alkanes of at least 4 members (excludes halogenated alkanes) is 2. The SMILES string of the molecule is CCCCCc1c(C)n2c3c4c(cccc4cc[n+]13)C(C)(CC)C2(CC)CCn1ccc2ccc3ccc[n+](C)c3c21. The highest BCUT2D eigenvalue weighted by molar-refractivity contribution is 6.01. The quantitative estimate of drug-likeness (QED) is 0.126. The van der Waals surface area contributed by atoms with Crippen molar-refractivity contribution in [3.05, 3.63) is 90.1 Å². The lowest BCUT2D eigenvalue weighted by molar-refractivity contribution is -0.644. The fourth-order valence-electron chi connectivity index (χ4n) is 8.80. The molecule has 216 valence electrons. The maximum atomic E-state index is 2.83. The van der Waals surface area contributed by atoms with Gasteiger partial charge in [-0.2, -0.15) is 8.97 Å². The van der Waals surface area contributed by atoms with E-state index < -0.39 is 0 Å². The van der Waals surface area contributed by atoms with Crippen LogP contribution in [0.2, 0.25) is 0 Å². The number of pyridine rings is 2. The molecule has 4 aromatic heterocycles. The highest BCUT2D eigenvalue weighted by Gasteiger charge is 2.57. The van der Waals surface area contributed by atoms with Gasteiger partial charge in [-0.05, 0) is 54.5 Å². The molecule has 2 atom stereocenters. The minimum Gasteiger partial charge on any atom is -0.342 e. The molecule has 0 saturated carbocycles. The van der Waals surface area contributed by atoms with Gasteiger partial charge < -0.3 is 4.57 Å². The summed E-state index contributed by atoms with van der Waals surface area (Å²) in [4.78, 5) is 0. The summed E-state index contributed by atoms with van der Waals surface area (Å²) in [5.74, 6) is 0. The van der Waals surface area contributed by atoms with E-state index in [1.54, 1.807) is 0 Å². The normalized spacial score (nSPS) is 20.1. The van der Waals surface area contributed by atoms with E-state index in [0.717, 1.165) is 32.2 Å². The third-order valence-electron chi connectivity index (χ3n) is 11.2. The maximum absolute atomic E-state index is 2.83. The zero-order chi connectivity index (χ0) is 29.2. The third kappa shape index (κ3) is 3.53. The van der Waals surface area contributed by atoms with Gasteiger partial charge in [0.15, 0.2) is 11.9 Å². The highest BCUT2D eigenvalue weighted by atomic mass is 15.2. The van der Waals surface area contributed by atoms with Crippen LogP contribution in [0.4, 0.5) is 0 Å². The number of hydrogen-bond acceptors (Lipinski definition) is 0. The molecule has 4 nitrogen and oxygen atoms in total. The molecule has 2 unspecified atom stereocenters. The fraction of sp³-hybridized carbons (Fsp3) is 0.421. The van der Waals surface area contributed by atoms with Crippen molar-refractivity contribution < 1.29 is 8.97 Å². The summed E-state index contributed by atoms with van der Waals surface area (Å²) in [5, 5.41) is 5.44. The van der Waals surface area contributed by atoms with E-state index in [-0.39, 0.29) is 11.0 Å². The Morgan fingerprint density at radius 1 is 0.833 bits per heavy atom. The number of benzene rings is 2. The van der Waals surface area contributed by atoms with Crippen molar-refractivity contribution >= 4 is 38.2 Å². The Morgan fingerprint density at radius 3 is 2.43 bits per heavy atom. The lowest BCUT2D eigenvalue weighted by Gasteiger charge is -2.49. The van der Waals surface area contributed by atoms with Gasteiger partial charge in [-0.25, -0.2) is 4.57 Å². The van der Waals surface area contributed by atoms with Crippen LogP contribution in [-0.2, 0) is 31.0 Å². The summed E-state index contributed by atoms with van der Waals surface area (Å²) in [7, 11) is 2.18. The van der Waals surface area contributed by atoms with Crippen LogP contribution in [0.3, 0.4) is 0 Å². The van der Waals surface area contributed by atoms with Gasteiger partial charge in [-0.15, -0.1) is 0 Å². The number of aromatic nitrogens is 4. The van der Waals surface area contributed by atoms with E-state index in [4.69, 9.17) is 0 Å². The summed E-state index contributed by atoms with van der Waals surface area (Å²) < 4.78 is 10.2. The zero-order valence-corrected chi connectivity index (χ0v) is 26.4. The van der Waals surface area contributed by atoms with Gasteiger partial charge in [0.05, 0.1) is 11.6 Å². The van der Waals surface area contributed by atoms with Crippen molar-refractivity contribution in [2.24, 2.45) is 7.05 Å². The average Bonchev–Trinajstić information content (AvgIpc) is 3.56. The second-order valence-electron chi connectivity index (χ2n) is 13.0. The first kappa shape index (κ1) is 27.2. The third-order valence-corrected chi connectivity index (χ3v) is 11.2. The van der Waals surface area contributed by atoms with Gasteiger partial charge in [-0.3, -0.25) is 0 Å². The molecule has 0 fully saturated rings. The molecule has 1 aliphatic rings. The predicted octanol–water partition coefficient (Wildman–Crippen LogP) is 8.23. The van der Waals surface area contributed by atoms with Crippen LogP contribution in [0.15, 0.2) is 73.2 Å². The summed E-state index contributed by atoms with van der Waals surface area (Å²) in [6.07, 6.45) is 15.0. The van der Waals surface area contributed by atoms with Gasteiger partial charge in [0.2, 0.25) is 5.52 Å². The van der Waals surface area contributed by atoms with Gasteiger partial charge in [0, 0.05) is 54.8 Å². The van der Waals surface area contributed by atoms with Crippen LogP contribution in [0.1, 0.15) is 83.2 Å². The van der Waals surface area contributed by atoms with Gasteiger partial charge in [0.25, 0.3) is 5.65 Å². The van der Waals surface area contributed by atoms with E-state index >= 15 is 0 Å². The van der Waals surface area contributed by atoms with Crippen molar-refractivity contribution in [2.45, 2.75) is 97.1 Å². The summed E-state index contributed by atoms with van der Waals surface area (Å²) in [5.41, 5.74) is 8.52. The maximum Gasteiger partial charge on any atom is 0.295 e. The smallest absolute Gasteiger partial charge is 0.295 e. The molecular weight excluding hydrogens is 512 g/mol. The molecule has 0 saturated heterocycles. The van der Waals surface area contributed by atoms with E-state index in [0.29, 0.717) is 0 Å². The molecule has 6 aromatic rings. The zero-order valence-electron chi connectivity index (χ0n) is 26.4. The summed E-state index contributed by atoms with van der Waals surface area (Å²) >= 11 is 0. The van der Waals surface area contributed by atoms with Crippen molar-refractivity contribution in [1.82, 2.24) is 9.13 Å². The Labute approximate surface area is 250 Å². The van der Waals surface area contributed by atoms with Crippen molar-refractivity contribution in [3.8, 4) is 0 Å². The van der Waals surface area contributed by atoms with Crippen LogP contribution in [0.5, 0.6) is 0 Å². The van der Waals surface area contributed by atoms with Crippen molar-refractivity contribution in [3.63, 3.8) is 0 Å². The molecule has 42 heavy (non-hydrogen) atoms. The Hall–Kier alpha value is -3.66. The van der Waals surface area contributed by atoms with Crippen LogP contribution in [-0.4, -0.2) is 9.13 Å². The van der Waals surface area contributed by atoms with Crippen LogP contribution >= 0.6 is 0 Å². The second-order valence-corrected chi connectivity index (χ2v) is 13.0. The molecule has 0 amide bonds. The molecule has 4 heteroatoms. The molecule has 0 N–H and O–H groups in total. The minimum absolute atomic E-state index is 0.00324. The Morgan fingerprint density at radius 2 is 1.64 bits per heavy atom. The number of fused-ring (bicyclic) bond motifs is 3. The Bertz CT molecular complexity index is 1970. The summed E-state index contributed by atoms with van der Waals surface area (Å²) in [6.45, 7) is 13.1. The lowest BCUT2D eigenvalue weighted by Crippen LogP contribution is -2.54. The van der Waals surface area contributed by atoms with E-state index in [1.165, 1.54) is 74.4 Å². The molecule has 0 bridgehead atoms. The first-order valence-corrected chi connectivity index (χ1v) is 16.2. The van der Waals surface area contributed by atoms with E-state index in [1.807, 2.05) is 0 Å². The van der Waals surface area contributed by atoms with Crippen LogP contribution in [0.25, 0.3) is 38.2 Å². The van der Waals surface area contributed by atoms with Gasteiger partial charge in [0.1, 0.15) is 23.8 Å². The van der Waals surface area contributed by atoms with E-state index in [9.17, 15) is 0 Å². The highest BCUT2D eigenvalue weighted by Crippen LogP contribution is 2.55. The van der Waals surface area contributed by atoms with E-state index in [2.05, 4.69) is 133 Å². The monoisotopic (exact) mass is 558 g/mol. The number of hydrogen-bond donors (Lipinski definition) is 0. The predicted molar refractivity (Wildman–Crippen MR) is 174 cm³/mol. The topological polar surface area (TPSA) is 17.8 Å². The molecule has 0 aliphatic carbocycles. The number of nitrogens with zero attached hydrogens (tertiary/aromatic N) is 4. The molecule has 0 radical (unpaired) electrons. The van der Waals surface area contributed by atoms with Crippen molar-refractivity contribution in [2.75, 3.05) is 0 Å². The number of rotatable bonds is 9. The average molecular weight is 559 g/mol. The second kappa shape index (κ2) is 9.97. The minimum atomic E-state index is -0.0495. The van der Waals surface area contributed by atoms with Crippen LogP contribution < -0.4 is 8.97 Å². The standard InChI is InChI=1S/C38H46N4/c1-7-10-11-17-32-27(4)42-36-33-28(21-25-41(32)36)14-12-16-31(33)37(5,8-2)38(42,9-3)22-26-40-24-20-30-19-18-29-15-13-23-39(6)34(29)35(30)40/h12-16,18-21,23-25H,7-11,17,22,26H2,1-6H3/q+2. The molecule has 5 heterocycles. The molecular formula is C38H46N4+2. The summed E-state index contributed by atoms with van der Waals surface area (Å²) in [6, 6.07) is 20.6. The largest absolute Gasteiger partial charge is 0.342 e. The molecule has 2 aromatic carbocycles. The first-order valence-electron chi connectivity index (χ1n) is 16.2. The Kier molecular flexibility index (Phi) is 6.45. The molecule has 0 spiro atoms. The van der Waals surface area contributed by atoms with Gasteiger partial charge >= 0.3 is 0 Å². The van der Waals surface area contributed by atoms with Crippen molar-refractivity contribution in [1.29, 1.82) is 0 Å². The molecule has 1 aliphatic heterocycles. The number of imidazole rings is 1. The Balaban J connectivity index is 1.46. The fourth-order valence-corrected chi connectivity index (χ4v) is 8.80. The lowest BCUT2D eigenvalue weighted by atomic mass is 9.59. The molecule has 7 rings (SSSR count). The number of aryl methyl sites for hydroxylation is 3. The van der Waals surface area contributed by atoms with Crippen LogP contribution in [0, 0.1) is 6.92 Å². The van der Waals surface area contributed by atoms with Gasteiger partial charge in [-0.1, -0.05) is 64.8 Å².